The van der Waals surface area contributed by atoms with Gasteiger partial charge in [-0.05, 0) is 17.2 Å². The topological polar surface area (TPSA) is 12.0 Å². The van der Waals surface area contributed by atoms with Crippen LogP contribution in [0.4, 0.5) is 0 Å². The summed E-state index contributed by atoms with van der Waals surface area (Å²) in [7, 11) is 0. The number of halogens is 1. The van der Waals surface area contributed by atoms with E-state index in [1.54, 1.807) is 0 Å². The van der Waals surface area contributed by atoms with E-state index in [-0.39, 0.29) is 0 Å². The average molecular weight is 236 g/mol. The van der Waals surface area contributed by atoms with Gasteiger partial charge in [-0.3, -0.25) is 0 Å². The SMILES string of the molecule is BrC1=CC(c2ccccc2)=CNC1. The van der Waals surface area contributed by atoms with Crippen LogP contribution in [0.5, 0.6) is 0 Å². The molecule has 0 saturated heterocycles. The lowest BCUT2D eigenvalue weighted by Crippen LogP contribution is -2.11. The highest BCUT2D eigenvalue weighted by Crippen LogP contribution is 2.21. The van der Waals surface area contributed by atoms with E-state index >= 15 is 0 Å². The lowest BCUT2D eigenvalue weighted by molar-refractivity contribution is 0.968. The van der Waals surface area contributed by atoms with Crippen LogP contribution in [0.1, 0.15) is 5.56 Å². The molecule has 1 aromatic carbocycles. The molecule has 13 heavy (non-hydrogen) atoms. The van der Waals surface area contributed by atoms with E-state index in [2.05, 4.69) is 39.5 Å². The molecular weight excluding hydrogens is 226 g/mol. The molecule has 0 aliphatic carbocycles. The Balaban J connectivity index is 2.33. The molecule has 0 fully saturated rings. The summed E-state index contributed by atoms with van der Waals surface area (Å²) in [5, 5.41) is 3.21. The third kappa shape index (κ3) is 2.01. The Kier molecular flexibility index (Phi) is 2.50. The summed E-state index contributed by atoms with van der Waals surface area (Å²) in [6.07, 6.45) is 4.19. The first-order valence-corrected chi connectivity index (χ1v) is 5.00. The van der Waals surface area contributed by atoms with Crippen LogP contribution in [0.2, 0.25) is 0 Å². The zero-order valence-corrected chi connectivity index (χ0v) is 8.71. The van der Waals surface area contributed by atoms with Crippen molar-refractivity contribution in [3.8, 4) is 0 Å². The van der Waals surface area contributed by atoms with Crippen molar-refractivity contribution < 1.29 is 0 Å². The minimum atomic E-state index is 0.885. The van der Waals surface area contributed by atoms with Crippen LogP contribution in [0.3, 0.4) is 0 Å². The minimum absolute atomic E-state index is 0.885. The van der Waals surface area contributed by atoms with E-state index < -0.39 is 0 Å². The summed E-state index contributed by atoms with van der Waals surface area (Å²) >= 11 is 3.48. The van der Waals surface area contributed by atoms with Gasteiger partial charge >= 0.3 is 0 Å². The summed E-state index contributed by atoms with van der Waals surface area (Å²) in [5.41, 5.74) is 2.46. The van der Waals surface area contributed by atoms with E-state index in [0.29, 0.717) is 0 Å². The number of dihydropyridines is 1. The van der Waals surface area contributed by atoms with E-state index in [1.165, 1.54) is 15.6 Å². The van der Waals surface area contributed by atoms with Crippen molar-refractivity contribution in [1.29, 1.82) is 0 Å². The molecule has 1 nitrogen and oxygen atoms in total. The third-order valence-electron chi connectivity index (χ3n) is 1.95. The van der Waals surface area contributed by atoms with Crippen molar-refractivity contribution in [3.63, 3.8) is 0 Å². The standard InChI is InChI=1S/C11H10BrN/c12-11-6-10(7-13-8-11)9-4-2-1-3-5-9/h1-7,13H,8H2. The third-order valence-corrected chi connectivity index (χ3v) is 2.46. The maximum absolute atomic E-state index is 3.48. The van der Waals surface area contributed by atoms with E-state index in [9.17, 15) is 0 Å². The average Bonchev–Trinajstić information content (AvgIpc) is 2.19. The van der Waals surface area contributed by atoms with E-state index in [0.717, 1.165) is 6.54 Å². The molecule has 0 amide bonds. The molecule has 1 heterocycles. The van der Waals surface area contributed by atoms with Gasteiger partial charge in [0.1, 0.15) is 0 Å². The molecule has 0 saturated carbocycles. The highest BCUT2D eigenvalue weighted by atomic mass is 79.9. The number of benzene rings is 1. The lowest BCUT2D eigenvalue weighted by atomic mass is 10.1. The number of rotatable bonds is 1. The molecule has 0 atom stereocenters. The number of hydrogen-bond acceptors (Lipinski definition) is 1. The molecule has 66 valence electrons. The van der Waals surface area contributed by atoms with E-state index in [1.807, 2.05) is 24.4 Å². The van der Waals surface area contributed by atoms with Crippen molar-refractivity contribution in [2.75, 3.05) is 6.54 Å². The lowest BCUT2D eigenvalue weighted by Gasteiger charge is -2.11. The van der Waals surface area contributed by atoms with Gasteiger partial charge in [-0.15, -0.1) is 0 Å². The molecule has 1 aliphatic heterocycles. The zero-order chi connectivity index (χ0) is 9.10. The molecule has 0 radical (unpaired) electrons. The highest BCUT2D eigenvalue weighted by Gasteiger charge is 2.03. The summed E-state index contributed by atoms with van der Waals surface area (Å²) in [6.45, 7) is 0.885. The molecule has 1 aliphatic rings. The fraction of sp³-hybridized carbons (Fsp3) is 0.0909. The minimum Gasteiger partial charge on any atom is -0.386 e. The molecule has 0 aromatic heterocycles. The predicted octanol–water partition coefficient (Wildman–Crippen LogP) is 2.91. The fourth-order valence-electron chi connectivity index (χ4n) is 1.32. The van der Waals surface area contributed by atoms with Crippen molar-refractivity contribution in [2.24, 2.45) is 0 Å². The Bertz CT molecular complexity index is 352. The van der Waals surface area contributed by atoms with Crippen LogP contribution >= 0.6 is 15.9 Å². The van der Waals surface area contributed by atoms with Gasteiger partial charge in [-0.2, -0.15) is 0 Å². The Morgan fingerprint density at radius 2 is 1.92 bits per heavy atom. The predicted molar refractivity (Wildman–Crippen MR) is 59.4 cm³/mol. The van der Waals surface area contributed by atoms with Crippen molar-refractivity contribution >= 4 is 21.5 Å². The van der Waals surface area contributed by atoms with Crippen LogP contribution in [-0.4, -0.2) is 6.54 Å². The molecular formula is C11H10BrN. The Morgan fingerprint density at radius 1 is 1.15 bits per heavy atom. The van der Waals surface area contributed by atoms with Gasteiger partial charge < -0.3 is 5.32 Å². The van der Waals surface area contributed by atoms with E-state index in [4.69, 9.17) is 0 Å². The van der Waals surface area contributed by atoms with Crippen LogP contribution in [0, 0.1) is 0 Å². The monoisotopic (exact) mass is 235 g/mol. The van der Waals surface area contributed by atoms with Crippen LogP contribution in [0.15, 0.2) is 47.1 Å². The van der Waals surface area contributed by atoms with Gasteiger partial charge in [0.25, 0.3) is 0 Å². The van der Waals surface area contributed by atoms with Crippen molar-refractivity contribution in [1.82, 2.24) is 5.32 Å². The van der Waals surface area contributed by atoms with Gasteiger partial charge in [0.2, 0.25) is 0 Å². The molecule has 2 heteroatoms. The second-order valence-electron chi connectivity index (χ2n) is 2.94. The molecule has 2 rings (SSSR count). The second-order valence-corrected chi connectivity index (χ2v) is 3.96. The second kappa shape index (κ2) is 3.79. The maximum atomic E-state index is 3.48. The Hall–Kier alpha value is -1.02. The van der Waals surface area contributed by atoms with Gasteiger partial charge in [0.15, 0.2) is 0 Å². The normalized spacial score (nSPS) is 15.8. The van der Waals surface area contributed by atoms with Crippen molar-refractivity contribution in [3.05, 3.63) is 52.7 Å². The number of allylic oxidation sites excluding steroid dienone is 2. The summed E-state index contributed by atoms with van der Waals surface area (Å²) in [5.74, 6) is 0. The molecule has 0 unspecified atom stereocenters. The summed E-state index contributed by atoms with van der Waals surface area (Å²) in [4.78, 5) is 0. The Labute approximate surface area is 86.3 Å². The highest BCUT2D eigenvalue weighted by molar-refractivity contribution is 9.11. The first-order valence-electron chi connectivity index (χ1n) is 4.21. The molecule has 0 spiro atoms. The largest absolute Gasteiger partial charge is 0.386 e. The molecule has 1 aromatic rings. The van der Waals surface area contributed by atoms with Gasteiger partial charge in [-0.1, -0.05) is 46.3 Å². The van der Waals surface area contributed by atoms with Crippen LogP contribution in [0.25, 0.3) is 5.57 Å². The van der Waals surface area contributed by atoms with Crippen LogP contribution < -0.4 is 5.32 Å². The van der Waals surface area contributed by atoms with Gasteiger partial charge in [-0.25, -0.2) is 0 Å². The number of hydrogen-bond donors (Lipinski definition) is 1. The van der Waals surface area contributed by atoms with Gasteiger partial charge in [0, 0.05) is 17.2 Å². The fourth-order valence-corrected chi connectivity index (χ4v) is 1.73. The Morgan fingerprint density at radius 3 is 2.62 bits per heavy atom. The molecule has 0 bridgehead atoms. The quantitative estimate of drug-likeness (QED) is 0.790. The maximum Gasteiger partial charge on any atom is 0.0461 e. The summed E-state index contributed by atoms with van der Waals surface area (Å²) < 4.78 is 1.19. The first kappa shape index (κ1) is 8.57. The molecule has 1 N–H and O–H groups in total. The first-order chi connectivity index (χ1) is 6.36. The zero-order valence-electron chi connectivity index (χ0n) is 7.13. The summed E-state index contributed by atoms with van der Waals surface area (Å²) in [6, 6.07) is 10.3. The smallest absolute Gasteiger partial charge is 0.0461 e. The van der Waals surface area contributed by atoms with Crippen molar-refractivity contribution in [2.45, 2.75) is 0 Å². The number of nitrogens with one attached hydrogen (secondary N) is 1. The van der Waals surface area contributed by atoms with Crippen LogP contribution in [-0.2, 0) is 0 Å². The van der Waals surface area contributed by atoms with Gasteiger partial charge in [0.05, 0.1) is 0 Å².